The van der Waals surface area contributed by atoms with Gasteiger partial charge in [0.2, 0.25) is 11.8 Å². The van der Waals surface area contributed by atoms with Crippen molar-refractivity contribution < 1.29 is 14.4 Å². The van der Waals surface area contributed by atoms with Crippen molar-refractivity contribution >= 4 is 17.7 Å². The molecular formula is C24H25N3O3. The maximum Gasteiger partial charge on any atom is 0.254 e. The van der Waals surface area contributed by atoms with Gasteiger partial charge in [0.05, 0.1) is 5.41 Å². The van der Waals surface area contributed by atoms with E-state index in [0.717, 1.165) is 16.7 Å². The highest BCUT2D eigenvalue weighted by Gasteiger charge is 2.46. The van der Waals surface area contributed by atoms with Crippen molar-refractivity contribution in [3.8, 4) is 0 Å². The maximum atomic E-state index is 13.2. The fraction of sp³-hybridized carbons (Fsp3) is 0.292. The Labute approximate surface area is 176 Å². The summed E-state index contributed by atoms with van der Waals surface area (Å²) in [5.41, 5.74) is 3.02. The van der Waals surface area contributed by atoms with Gasteiger partial charge in [-0.3, -0.25) is 14.4 Å². The molecule has 0 atom stereocenters. The molecule has 0 aromatic heterocycles. The van der Waals surface area contributed by atoms with Crippen LogP contribution in [0.25, 0.3) is 0 Å². The number of piperidine rings is 1. The lowest BCUT2D eigenvalue weighted by Gasteiger charge is -2.44. The summed E-state index contributed by atoms with van der Waals surface area (Å²) in [6.45, 7) is 5.29. The standard InChI is InChI=1S/C24H25N3O3/c1-2-21(28)25-15-17-7-3-5-9-19(17)22(29)27-13-11-24(12-14-27)20-10-6-4-8-18(20)16-26-23(24)30/h2-10H,1,11-16H2,(H,25,28)(H,26,30). The van der Waals surface area contributed by atoms with Crippen LogP contribution in [0.2, 0.25) is 0 Å². The Balaban J connectivity index is 1.52. The maximum absolute atomic E-state index is 13.2. The third-order valence-electron chi connectivity index (χ3n) is 6.20. The highest BCUT2D eigenvalue weighted by atomic mass is 16.2. The Morgan fingerprint density at radius 1 is 1.10 bits per heavy atom. The third-order valence-corrected chi connectivity index (χ3v) is 6.20. The first-order chi connectivity index (χ1) is 14.5. The van der Waals surface area contributed by atoms with E-state index in [0.29, 0.717) is 38.0 Å². The fourth-order valence-corrected chi connectivity index (χ4v) is 4.50. The summed E-state index contributed by atoms with van der Waals surface area (Å²) in [5, 5.41) is 5.76. The number of likely N-dealkylation sites (tertiary alicyclic amines) is 1. The lowest BCUT2D eigenvalue weighted by molar-refractivity contribution is -0.129. The molecule has 1 fully saturated rings. The van der Waals surface area contributed by atoms with E-state index in [9.17, 15) is 14.4 Å². The van der Waals surface area contributed by atoms with E-state index in [1.54, 1.807) is 6.07 Å². The van der Waals surface area contributed by atoms with Crippen LogP contribution in [0, 0.1) is 0 Å². The summed E-state index contributed by atoms with van der Waals surface area (Å²) in [5.74, 6) is -0.294. The Bertz CT molecular complexity index is 1010. The van der Waals surface area contributed by atoms with Gasteiger partial charge in [-0.2, -0.15) is 0 Å². The van der Waals surface area contributed by atoms with Crippen molar-refractivity contribution in [2.45, 2.75) is 31.3 Å². The number of nitrogens with one attached hydrogen (secondary N) is 2. The molecule has 154 valence electrons. The van der Waals surface area contributed by atoms with Crippen LogP contribution in [0.5, 0.6) is 0 Å². The van der Waals surface area contributed by atoms with Crippen LogP contribution in [0.3, 0.4) is 0 Å². The molecule has 0 saturated carbocycles. The molecular weight excluding hydrogens is 378 g/mol. The number of carbonyl (C=O) groups is 3. The van der Waals surface area contributed by atoms with Gasteiger partial charge in [0, 0.05) is 31.7 Å². The Morgan fingerprint density at radius 2 is 1.80 bits per heavy atom. The molecule has 2 N–H and O–H groups in total. The number of fused-ring (bicyclic) bond motifs is 2. The lowest BCUT2D eigenvalue weighted by Crippen LogP contribution is -2.55. The number of hydrogen-bond donors (Lipinski definition) is 2. The molecule has 30 heavy (non-hydrogen) atoms. The molecule has 1 spiro atoms. The molecule has 3 amide bonds. The summed E-state index contributed by atoms with van der Waals surface area (Å²) >= 11 is 0. The van der Waals surface area contributed by atoms with Crippen LogP contribution in [0.1, 0.15) is 39.9 Å². The highest BCUT2D eigenvalue weighted by molar-refractivity contribution is 5.97. The van der Waals surface area contributed by atoms with Gasteiger partial charge in [-0.05, 0) is 41.7 Å². The van der Waals surface area contributed by atoms with Crippen molar-refractivity contribution in [3.05, 3.63) is 83.4 Å². The average molecular weight is 403 g/mol. The predicted molar refractivity (Wildman–Crippen MR) is 114 cm³/mol. The minimum absolute atomic E-state index is 0.0563. The number of rotatable bonds is 4. The molecule has 2 heterocycles. The number of nitrogens with zero attached hydrogens (tertiary/aromatic N) is 1. The Hall–Kier alpha value is -3.41. The molecule has 6 nitrogen and oxygen atoms in total. The second kappa shape index (κ2) is 8.14. The first kappa shape index (κ1) is 19.9. The Kier molecular flexibility index (Phi) is 5.40. The molecule has 0 aliphatic carbocycles. The fourth-order valence-electron chi connectivity index (χ4n) is 4.50. The molecule has 2 aromatic carbocycles. The molecule has 2 aromatic rings. The minimum atomic E-state index is -0.566. The zero-order valence-corrected chi connectivity index (χ0v) is 16.8. The van der Waals surface area contributed by atoms with Crippen LogP contribution in [0.15, 0.2) is 61.2 Å². The van der Waals surface area contributed by atoms with Crippen molar-refractivity contribution in [2.75, 3.05) is 13.1 Å². The van der Waals surface area contributed by atoms with E-state index in [2.05, 4.69) is 23.3 Å². The van der Waals surface area contributed by atoms with Gasteiger partial charge in [0.1, 0.15) is 0 Å². The van der Waals surface area contributed by atoms with Crippen LogP contribution < -0.4 is 10.6 Å². The van der Waals surface area contributed by atoms with Gasteiger partial charge in [-0.15, -0.1) is 0 Å². The first-order valence-electron chi connectivity index (χ1n) is 10.2. The average Bonchev–Trinajstić information content (AvgIpc) is 2.80. The molecule has 1 saturated heterocycles. The summed E-state index contributed by atoms with van der Waals surface area (Å²) in [6, 6.07) is 15.4. The van der Waals surface area contributed by atoms with Crippen molar-refractivity contribution in [2.24, 2.45) is 0 Å². The van der Waals surface area contributed by atoms with Crippen LogP contribution in [0.4, 0.5) is 0 Å². The molecule has 6 heteroatoms. The third kappa shape index (κ3) is 3.49. The van der Waals surface area contributed by atoms with Crippen molar-refractivity contribution in [3.63, 3.8) is 0 Å². The molecule has 0 bridgehead atoms. The summed E-state index contributed by atoms with van der Waals surface area (Å²) in [7, 11) is 0. The van der Waals surface area contributed by atoms with Gasteiger partial charge in [-0.25, -0.2) is 0 Å². The number of hydrogen-bond acceptors (Lipinski definition) is 3. The van der Waals surface area contributed by atoms with Crippen molar-refractivity contribution in [1.82, 2.24) is 15.5 Å². The van der Waals surface area contributed by atoms with Crippen LogP contribution in [-0.4, -0.2) is 35.7 Å². The normalized spacial score (nSPS) is 17.1. The molecule has 0 radical (unpaired) electrons. The van der Waals surface area contributed by atoms with Gasteiger partial charge in [0.25, 0.3) is 5.91 Å². The van der Waals surface area contributed by atoms with Crippen molar-refractivity contribution in [1.29, 1.82) is 0 Å². The zero-order chi connectivity index (χ0) is 21.1. The monoisotopic (exact) mass is 403 g/mol. The van der Waals surface area contributed by atoms with E-state index in [1.807, 2.05) is 41.3 Å². The number of carbonyl (C=O) groups excluding carboxylic acids is 3. The van der Waals surface area contributed by atoms with Gasteiger partial charge in [-0.1, -0.05) is 49.0 Å². The van der Waals surface area contributed by atoms with Crippen LogP contribution >= 0.6 is 0 Å². The number of amides is 3. The lowest BCUT2D eigenvalue weighted by atomic mass is 9.68. The topological polar surface area (TPSA) is 78.5 Å². The molecule has 0 unspecified atom stereocenters. The zero-order valence-electron chi connectivity index (χ0n) is 16.8. The van der Waals surface area contributed by atoms with Crippen LogP contribution in [-0.2, 0) is 28.1 Å². The molecule has 4 rings (SSSR count). The summed E-state index contributed by atoms with van der Waals surface area (Å²) < 4.78 is 0. The smallest absolute Gasteiger partial charge is 0.254 e. The Morgan fingerprint density at radius 3 is 2.57 bits per heavy atom. The highest BCUT2D eigenvalue weighted by Crippen LogP contribution is 2.40. The second-order valence-corrected chi connectivity index (χ2v) is 7.79. The molecule has 2 aliphatic heterocycles. The predicted octanol–water partition coefficient (Wildman–Crippen LogP) is 2.29. The largest absolute Gasteiger partial charge is 0.351 e. The SMILES string of the molecule is C=CC(=O)NCc1ccccc1C(=O)N1CCC2(CC1)C(=O)NCc1ccccc12. The second-order valence-electron chi connectivity index (χ2n) is 7.79. The first-order valence-corrected chi connectivity index (χ1v) is 10.2. The van der Waals surface area contributed by atoms with Gasteiger partial charge < -0.3 is 15.5 Å². The van der Waals surface area contributed by atoms with E-state index < -0.39 is 5.41 Å². The summed E-state index contributed by atoms with van der Waals surface area (Å²) in [4.78, 5) is 39.4. The van der Waals surface area contributed by atoms with E-state index in [-0.39, 0.29) is 24.3 Å². The summed E-state index contributed by atoms with van der Waals surface area (Å²) in [6.07, 6.45) is 2.40. The van der Waals surface area contributed by atoms with Gasteiger partial charge in [0.15, 0.2) is 0 Å². The quantitative estimate of drug-likeness (QED) is 0.769. The van der Waals surface area contributed by atoms with E-state index >= 15 is 0 Å². The minimum Gasteiger partial charge on any atom is -0.351 e. The molecule has 2 aliphatic rings. The number of benzene rings is 2. The van der Waals surface area contributed by atoms with Gasteiger partial charge >= 0.3 is 0 Å². The van der Waals surface area contributed by atoms with E-state index in [1.165, 1.54) is 6.08 Å². The van der Waals surface area contributed by atoms with E-state index in [4.69, 9.17) is 0 Å².